The summed E-state index contributed by atoms with van der Waals surface area (Å²) < 4.78 is 3.17. The Hall–Kier alpha value is -0.250. The summed E-state index contributed by atoms with van der Waals surface area (Å²) in [6.45, 7) is 6.67. The van der Waals surface area contributed by atoms with E-state index < -0.39 is 0 Å². The summed E-state index contributed by atoms with van der Waals surface area (Å²) in [4.78, 5) is 0. The molecule has 1 N–H and O–H groups in total. The minimum Gasteiger partial charge on any atom is -0.328 e. The lowest BCUT2D eigenvalue weighted by atomic mass is 9.86. The number of anilines is 1. The van der Waals surface area contributed by atoms with Gasteiger partial charge in [0, 0.05) is 5.69 Å². The van der Waals surface area contributed by atoms with Gasteiger partial charge in [-0.1, -0.05) is 39.0 Å². The summed E-state index contributed by atoms with van der Waals surface area (Å²) in [5.74, 6) is 0. The molecule has 0 unspecified atom stereocenters. The summed E-state index contributed by atoms with van der Waals surface area (Å²) in [5, 5.41) is 0. The number of para-hydroxylation sites is 1. The molecule has 0 saturated heterocycles. The van der Waals surface area contributed by atoms with Crippen LogP contribution >= 0.6 is 22.9 Å². The molecule has 0 atom stereocenters. The van der Waals surface area contributed by atoms with Gasteiger partial charge in [-0.15, -0.1) is 0 Å². The fraction of sp³-hybridized carbons (Fsp3) is 0.400. The van der Waals surface area contributed by atoms with Crippen molar-refractivity contribution in [1.82, 2.24) is 0 Å². The Bertz CT molecular complexity index is 263. The Labute approximate surface area is 88.1 Å². The molecule has 0 fully saturated rings. The maximum absolute atomic E-state index is 3.17. The predicted molar refractivity (Wildman–Crippen MR) is 62.8 cm³/mol. The average Bonchev–Trinajstić information content (AvgIpc) is 2.03. The SMILES string of the molecule is CC(C)(C)c1ccccc1NI. The zero-order valence-corrected chi connectivity index (χ0v) is 9.84. The van der Waals surface area contributed by atoms with E-state index in [4.69, 9.17) is 0 Å². The molecule has 0 heterocycles. The number of nitrogens with one attached hydrogen (secondary N) is 1. The molecular formula is C10H14IN. The van der Waals surface area contributed by atoms with E-state index in [-0.39, 0.29) is 5.41 Å². The highest BCUT2D eigenvalue weighted by Crippen LogP contribution is 2.29. The van der Waals surface area contributed by atoms with Gasteiger partial charge in [0.1, 0.15) is 0 Å². The van der Waals surface area contributed by atoms with Crippen LogP contribution in [-0.2, 0) is 5.41 Å². The fourth-order valence-electron chi connectivity index (χ4n) is 1.22. The van der Waals surface area contributed by atoms with E-state index in [0.29, 0.717) is 0 Å². The number of rotatable bonds is 1. The number of hydrogen-bond acceptors (Lipinski definition) is 1. The lowest BCUT2D eigenvalue weighted by molar-refractivity contribution is 0.593. The van der Waals surface area contributed by atoms with Crippen LogP contribution < -0.4 is 3.53 Å². The van der Waals surface area contributed by atoms with Gasteiger partial charge in [0.05, 0.1) is 22.9 Å². The Morgan fingerprint density at radius 1 is 1.17 bits per heavy atom. The smallest absolute Gasteiger partial charge is 0.0560 e. The van der Waals surface area contributed by atoms with Gasteiger partial charge in [0.15, 0.2) is 0 Å². The van der Waals surface area contributed by atoms with Gasteiger partial charge < -0.3 is 3.53 Å². The normalized spacial score (nSPS) is 11.3. The van der Waals surface area contributed by atoms with E-state index in [1.54, 1.807) is 0 Å². The molecule has 0 aromatic heterocycles. The van der Waals surface area contributed by atoms with Crippen LogP contribution in [0.4, 0.5) is 5.69 Å². The van der Waals surface area contributed by atoms with Crippen LogP contribution in [0.2, 0.25) is 0 Å². The third-order valence-corrected chi connectivity index (χ3v) is 2.42. The summed E-state index contributed by atoms with van der Waals surface area (Å²) in [5.41, 5.74) is 2.79. The molecule has 1 rings (SSSR count). The molecule has 0 amide bonds. The molecule has 1 aromatic rings. The first-order valence-electron chi connectivity index (χ1n) is 4.02. The van der Waals surface area contributed by atoms with Crippen molar-refractivity contribution in [1.29, 1.82) is 0 Å². The third-order valence-electron chi connectivity index (χ3n) is 1.84. The Morgan fingerprint density at radius 3 is 2.17 bits per heavy atom. The largest absolute Gasteiger partial charge is 0.328 e. The van der Waals surface area contributed by atoms with Crippen molar-refractivity contribution in [3.05, 3.63) is 29.8 Å². The highest BCUT2D eigenvalue weighted by Gasteiger charge is 2.16. The van der Waals surface area contributed by atoms with Crippen molar-refractivity contribution in [2.45, 2.75) is 26.2 Å². The van der Waals surface area contributed by atoms with Crippen molar-refractivity contribution in [2.24, 2.45) is 0 Å². The fourth-order valence-corrected chi connectivity index (χ4v) is 1.69. The minimum atomic E-state index is 0.217. The number of benzene rings is 1. The molecule has 2 heteroatoms. The van der Waals surface area contributed by atoms with Crippen molar-refractivity contribution < 1.29 is 0 Å². The molecule has 66 valence electrons. The molecule has 1 nitrogen and oxygen atoms in total. The first-order chi connectivity index (χ1) is 5.55. The Balaban J connectivity index is 3.14. The molecule has 1 aromatic carbocycles. The monoisotopic (exact) mass is 275 g/mol. The van der Waals surface area contributed by atoms with E-state index in [9.17, 15) is 0 Å². The van der Waals surface area contributed by atoms with Crippen molar-refractivity contribution in [3.8, 4) is 0 Å². The van der Waals surface area contributed by atoms with Crippen LogP contribution in [0.1, 0.15) is 26.3 Å². The first-order valence-corrected chi connectivity index (χ1v) is 5.10. The van der Waals surface area contributed by atoms with Gasteiger partial charge in [0.2, 0.25) is 0 Å². The Kier molecular flexibility index (Phi) is 2.99. The second kappa shape index (κ2) is 3.64. The highest BCUT2D eigenvalue weighted by atomic mass is 127. The molecule has 0 bridgehead atoms. The van der Waals surface area contributed by atoms with E-state index in [0.717, 1.165) is 0 Å². The Morgan fingerprint density at radius 2 is 1.75 bits per heavy atom. The van der Waals surface area contributed by atoms with Gasteiger partial charge >= 0.3 is 0 Å². The van der Waals surface area contributed by atoms with Gasteiger partial charge in [-0.3, -0.25) is 0 Å². The maximum Gasteiger partial charge on any atom is 0.0560 e. The van der Waals surface area contributed by atoms with Crippen LogP contribution in [0.15, 0.2) is 24.3 Å². The summed E-state index contributed by atoms with van der Waals surface area (Å²) in [6.07, 6.45) is 0. The van der Waals surface area contributed by atoms with E-state index in [1.807, 2.05) is 0 Å². The molecule has 0 spiro atoms. The van der Waals surface area contributed by atoms with Crippen molar-refractivity contribution >= 4 is 28.6 Å². The maximum atomic E-state index is 3.17. The molecule has 0 aliphatic heterocycles. The second-order valence-corrected chi connectivity index (χ2v) is 4.43. The van der Waals surface area contributed by atoms with E-state index in [2.05, 4.69) is 71.4 Å². The minimum absolute atomic E-state index is 0.217. The van der Waals surface area contributed by atoms with E-state index in [1.165, 1.54) is 11.3 Å². The average molecular weight is 275 g/mol. The zero-order valence-electron chi connectivity index (χ0n) is 7.69. The summed E-state index contributed by atoms with van der Waals surface area (Å²) >= 11 is 2.17. The number of hydrogen-bond donors (Lipinski definition) is 1. The lowest BCUT2D eigenvalue weighted by Gasteiger charge is -2.21. The molecule has 0 aliphatic carbocycles. The predicted octanol–water partition coefficient (Wildman–Crippen LogP) is 3.75. The molecule has 0 radical (unpaired) electrons. The molecule has 0 saturated carbocycles. The zero-order chi connectivity index (χ0) is 9.19. The molecule has 0 aliphatic rings. The quantitative estimate of drug-likeness (QED) is 0.608. The molecule has 12 heavy (non-hydrogen) atoms. The van der Waals surface area contributed by atoms with Crippen LogP contribution in [-0.4, -0.2) is 0 Å². The summed E-state index contributed by atoms with van der Waals surface area (Å²) in [6, 6.07) is 8.41. The van der Waals surface area contributed by atoms with Crippen LogP contribution in [0.3, 0.4) is 0 Å². The lowest BCUT2D eigenvalue weighted by Crippen LogP contribution is -2.12. The molecular weight excluding hydrogens is 261 g/mol. The van der Waals surface area contributed by atoms with Crippen LogP contribution in [0.25, 0.3) is 0 Å². The second-order valence-electron chi connectivity index (χ2n) is 3.89. The summed E-state index contributed by atoms with van der Waals surface area (Å²) in [7, 11) is 0. The topological polar surface area (TPSA) is 12.0 Å². The van der Waals surface area contributed by atoms with Gasteiger partial charge in [-0.25, -0.2) is 0 Å². The van der Waals surface area contributed by atoms with E-state index >= 15 is 0 Å². The van der Waals surface area contributed by atoms with Gasteiger partial charge in [-0.2, -0.15) is 0 Å². The third kappa shape index (κ3) is 2.12. The highest BCUT2D eigenvalue weighted by molar-refractivity contribution is 14.1. The van der Waals surface area contributed by atoms with Gasteiger partial charge in [-0.05, 0) is 17.0 Å². The number of halogens is 1. The van der Waals surface area contributed by atoms with Crippen molar-refractivity contribution in [3.63, 3.8) is 0 Å². The van der Waals surface area contributed by atoms with Crippen LogP contribution in [0, 0.1) is 0 Å². The van der Waals surface area contributed by atoms with Crippen LogP contribution in [0.5, 0.6) is 0 Å². The standard InChI is InChI=1S/C10H14IN/c1-10(2,3)8-6-4-5-7-9(8)12-11/h4-7,12H,1-3H3. The van der Waals surface area contributed by atoms with Gasteiger partial charge in [0.25, 0.3) is 0 Å². The first kappa shape index (κ1) is 9.84. The van der Waals surface area contributed by atoms with Crippen molar-refractivity contribution in [2.75, 3.05) is 3.53 Å².